The largest absolute Gasteiger partial charge is 0.444 e. The first-order valence-corrected chi connectivity index (χ1v) is 9.69. The van der Waals surface area contributed by atoms with Gasteiger partial charge in [-0.25, -0.2) is 4.79 Å². The molecule has 0 bridgehead atoms. The topological polar surface area (TPSA) is 86.3 Å². The van der Waals surface area contributed by atoms with Crippen molar-refractivity contribution in [2.24, 2.45) is 7.05 Å². The molecule has 4 rings (SSSR count). The van der Waals surface area contributed by atoms with E-state index in [1.54, 1.807) is 9.58 Å². The van der Waals surface area contributed by atoms with E-state index in [0.717, 1.165) is 23.1 Å². The average Bonchev–Trinajstić information content (AvgIpc) is 3.40. The van der Waals surface area contributed by atoms with Crippen molar-refractivity contribution in [1.29, 1.82) is 0 Å². The molecule has 1 aromatic carbocycles. The molecule has 29 heavy (non-hydrogen) atoms. The fourth-order valence-corrected chi connectivity index (χ4v) is 3.36. The van der Waals surface area contributed by atoms with Gasteiger partial charge in [0.15, 0.2) is 5.82 Å². The number of likely N-dealkylation sites (tertiary alicyclic amines) is 1. The molecule has 8 heteroatoms. The van der Waals surface area contributed by atoms with E-state index in [-0.39, 0.29) is 12.0 Å². The van der Waals surface area contributed by atoms with Crippen molar-refractivity contribution < 1.29 is 14.1 Å². The molecule has 1 unspecified atom stereocenters. The zero-order valence-electron chi connectivity index (χ0n) is 17.1. The standard InChI is InChI=1S/C21H25N5O3/c1-21(2,3)28-20(27)26-10-9-16(13-26)18-23-19(29-24-18)15-7-5-14(6-8-15)17-11-22-25(4)12-17/h5-8,11-12,16H,9-10,13H2,1-4H3. The number of aromatic nitrogens is 4. The van der Waals surface area contributed by atoms with Gasteiger partial charge in [0.1, 0.15) is 5.60 Å². The fraction of sp³-hybridized carbons (Fsp3) is 0.429. The molecule has 8 nitrogen and oxygen atoms in total. The number of carbonyl (C=O) groups is 1. The van der Waals surface area contributed by atoms with Gasteiger partial charge in [0.25, 0.3) is 5.89 Å². The van der Waals surface area contributed by atoms with Crippen LogP contribution in [0.1, 0.15) is 38.9 Å². The van der Waals surface area contributed by atoms with Gasteiger partial charge in [-0.15, -0.1) is 0 Å². The summed E-state index contributed by atoms with van der Waals surface area (Å²) in [6, 6.07) is 7.94. The Labute approximate surface area is 169 Å². The second-order valence-corrected chi connectivity index (χ2v) is 8.35. The Bertz CT molecular complexity index is 1000. The van der Waals surface area contributed by atoms with Crippen LogP contribution in [0.15, 0.2) is 41.2 Å². The van der Waals surface area contributed by atoms with E-state index < -0.39 is 5.60 Å². The van der Waals surface area contributed by atoms with Crippen LogP contribution in [0.25, 0.3) is 22.6 Å². The molecule has 2 aromatic heterocycles. The molecule has 1 aliphatic heterocycles. The smallest absolute Gasteiger partial charge is 0.410 e. The lowest BCUT2D eigenvalue weighted by atomic mass is 10.1. The normalized spacial score (nSPS) is 17.0. The van der Waals surface area contributed by atoms with Crippen molar-refractivity contribution in [2.45, 2.75) is 38.7 Å². The fourth-order valence-electron chi connectivity index (χ4n) is 3.36. The highest BCUT2D eigenvalue weighted by Crippen LogP contribution is 2.29. The molecule has 0 saturated carbocycles. The molecule has 3 aromatic rings. The highest BCUT2D eigenvalue weighted by Gasteiger charge is 2.33. The van der Waals surface area contributed by atoms with Crippen LogP contribution >= 0.6 is 0 Å². The van der Waals surface area contributed by atoms with Gasteiger partial charge >= 0.3 is 6.09 Å². The Morgan fingerprint density at radius 3 is 2.55 bits per heavy atom. The van der Waals surface area contributed by atoms with Crippen LogP contribution in [0, 0.1) is 0 Å². The predicted molar refractivity (Wildman–Crippen MR) is 107 cm³/mol. The number of benzene rings is 1. The SMILES string of the molecule is Cn1cc(-c2ccc(-c3nc(C4CCN(C(=O)OC(C)(C)C)C4)no3)cc2)cn1. The summed E-state index contributed by atoms with van der Waals surface area (Å²) in [4.78, 5) is 18.5. The number of carbonyl (C=O) groups excluding carboxylic acids is 1. The quantitative estimate of drug-likeness (QED) is 0.669. The van der Waals surface area contributed by atoms with E-state index in [2.05, 4.69) is 15.2 Å². The minimum absolute atomic E-state index is 0.0506. The molecule has 1 amide bonds. The minimum Gasteiger partial charge on any atom is -0.444 e. The summed E-state index contributed by atoms with van der Waals surface area (Å²) in [5.74, 6) is 1.16. The van der Waals surface area contributed by atoms with Crippen LogP contribution in [0.2, 0.25) is 0 Å². The van der Waals surface area contributed by atoms with E-state index in [0.29, 0.717) is 24.8 Å². The van der Waals surface area contributed by atoms with Crippen molar-refractivity contribution in [3.63, 3.8) is 0 Å². The van der Waals surface area contributed by atoms with E-state index in [4.69, 9.17) is 9.26 Å². The molecule has 152 valence electrons. The summed E-state index contributed by atoms with van der Waals surface area (Å²) in [6.45, 7) is 6.76. The number of amides is 1. The minimum atomic E-state index is -0.504. The monoisotopic (exact) mass is 395 g/mol. The van der Waals surface area contributed by atoms with Crippen molar-refractivity contribution in [3.05, 3.63) is 42.5 Å². The molecule has 1 fully saturated rings. The summed E-state index contributed by atoms with van der Waals surface area (Å²) in [5, 5.41) is 8.35. The predicted octanol–water partition coefficient (Wildman–Crippen LogP) is 3.86. The maximum Gasteiger partial charge on any atom is 0.410 e. The highest BCUT2D eigenvalue weighted by molar-refractivity contribution is 5.69. The highest BCUT2D eigenvalue weighted by atomic mass is 16.6. The first-order chi connectivity index (χ1) is 13.8. The molecule has 0 N–H and O–H groups in total. The zero-order valence-corrected chi connectivity index (χ0v) is 17.1. The van der Waals surface area contributed by atoms with Gasteiger partial charge in [0.2, 0.25) is 0 Å². The Kier molecular flexibility index (Phi) is 4.86. The van der Waals surface area contributed by atoms with E-state index in [9.17, 15) is 4.79 Å². The van der Waals surface area contributed by atoms with Crippen molar-refractivity contribution in [2.75, 3.05) is 13.1 Å². The van der Waals surface area contributed by atoms with Crippen LogP contribution in [0.3, 0.4) is 0 Å². The molecule has 1 atom stereocenters. The van der Waals surface area contributed by atoms with Crippen LogP contribution in [-0.4, -0.2) is 49.6 Å². The second-order valence-electron chi connectivity index (χ2n) is 8.35. The summed E-state index contributed by atoms with van der Waals surface area (Å²) < 4.78 is 12.7. The van der Waals surface area contributed by atoms with Crippen molar-refractivity contribution in [1.82, 2.24) is 24.8 Å². The third kappa shape index (κ3) is 4.31. The average molecular weight is 395 g/mol. The third-order valence-corrected chi connectivity index (χ3v) is 4.82. The summed E-state index contributed by atoms with van der Waals surface area (Å²) >= 11 is 0. The molecular formula is C21H25N5O3. The molecule has 1 aliphatic rings. The third-order valence-electron chi connectivity index (χ3n) is 4.82. The number of ether oxygens (including phenoxy) is 1. The molecule has 1 saturated heterocycles. The van der Waals surface area contributed by atoms with Gasteiger partial charge < -0.3 is 14.2 Å². The lowest BCUT2D eigenvalue weighted by Gasteiger charge is -2.24. The summed E-state index contributed by atoms with van der Waals surface area (Å²) in [6.07, 6.45) is 4.29. The molecular weight excluding hydrogens is 370 g/mol. The van der Waals surface area contributed by atoms with Crippen molar-refractivity contribution in [3.8, 4) is 22.6 Å². The number of hydrogen-bond acceptors (Lipinski definition) is 6. The maximum atomic E-state index is 12.2. The Morgan fingerprint density at radius 2 is 1.90 bits per heavy atom. The second kappa shape index (κ2) is 7.35. The first kappa shape index (κ1) is 19.2. The maximum absolute atomic E-state index is 12.2. The number of nitrogens with zero attached hydrogens (tertiary/aromatic N) is 5. The van der Waals surface area contributed by atoms with E-state index >= 15 is 0 Å². The summed E-state index contributed by atoms with van der Waals surface area (Å²) in [5.41, 5.74) is 2.48. The first-order valence-electron chi connectivity index (χ1n) is 9.69. The molecule has 3 heterocycles. The van der Waals surface area contributed by atoms with Gasteiger partial charge in [-0.05, 0) is 44.9 Å². The van der Waals surface area contributed by atoms with Crippen molar-refractivity contribution >= 4 is 6.09 Å². The number of hydrogen-bond donors (Lipinski definition) is 0. The van der Waals surface area contributed by atoms with E-state index in [1.807, 2.05) is 64.5 Å². The Morgan fingerprint density at radius 1 is 1.17 bits per heavy atom. The Hall–Kier alpha value is -3.16. The van der Waals surface area contributed by atoms with Gasteiger partial charge in [-0.3, -0.25) is 4.68 Å². The van der Waals surface area contributed by atoms with E-state index in [1.165, 1.54) is 0 Å². The number of rotatable bonds is 3. The lowest BCUT2D eigenvalue weighted by molar-refractivity contribution is 0.0292. The number of aryl methyl sites for hydroxylation is 1. The van der Waals surface area contributed by atoms with Crippen LogP contribution < -0.4 is 0 Å². The van der Waals surface area contributed by atoms with Crippen LogP contribution in [0.4, 0.5) is 4.79 Å². The Balaban J connectivity index is 1.43. The zero-order chi connectivity index (χ0) is 20.6. The molecule has 0 radical (unpaired) electrons. The summed E-state index contributed by atoms with van der Waals surface area (Å²) in [7, 11) is 1.89. The molecule has 0 aliphatic carbocycles. The van der Waals surface area contributed by atoms with Crippen LogP contribution in [0.5, 0.6) is 0 Å². The van der Waals surface area contributed by atoms with Gasteiger partial charge in [0.05, 0.1) is 6.20 Å². The lowest BCUT2D eigenvalue weighted by Crippen LogP contribution is -2.35. The van der Waals surface area contributed by atoms with Gasteiger partial charge in [-0.1, -0.05) is 17.3 Å². The van der Waals surface area contributed by atoms with Crippen LogP contribution in [-0.2, 0) is 11.8 Å². The van der Waals surface area contributed by atoms with Gasteiger partial charge in [-0.2, -0.15) is 10.1 Å². The van der Waals surface area contributed by atoms with Gasteiger partial charge in [0, 0.05) is 43.4 Å². The molecule has 0 spiro atoms.